The summed E-state index contributed by atoms with van der Waals surface area (Å²) in [5.74, 6) is 1.15. The molecule has 0 aliphatic rings. The summed E-state index contributed by atoms with van der Waals surface area (Å²) < 4.78 is 0. The van der Waals surface area contributed by atoms with E-state index in [1.807, 2.05) is 67.5 Å². The first-order valence-corrected chi connectivity index (χ1v) is 8.97. The molecule has 1 aromatic heterocycles. The Morgan fingerprint density at radius 2 is 1.92 bits per heavy atom. The van der Waals surface area contributed by atoms with Gasteiger partial charge in [0.1, 0.15) is 5.82 Å². The minimum absolute atomic E-state index is 0.0835. The van der Waals surface area contributed by atoms with Crippen molar-refractivity contribution in [1.82, 2.24) is 15.3 Å². The highest BCUT2D eigenvalue weighted by Gasteiger charge is 2.20. The second kappa shape index (κ2) is 7.60. The van der Waals surface area contributed by atoms with Crippen LogP contribution in [0.5, 0.6) is 0 Å². The van der Waals surface area contributed by atoms with Crippen molar-refractivity contribution in [3.8, 4) is 0 Å². The lowest BCUT2D eigenvalue weighted by molar-refractivity contribution is 0.0930. The van der Waals surface area contributed by atoms with E-state index in [0.29, 0.717) is 11.5 Å². The molecule has 3 aromatic rings. The van der Waals surface area contributed by atoms with Gasteiger partial charge in [0, 0.05) is 25.3 Å². The van der Waals surface area contributed by atoms with E-state index < -0.39 is 0 Å². The van der Waals surface area contributed by atoms with Gasteiger partial charge in [0.05, 0.1) is 17.1 Å². The maximum absolute atomic E-state index is 12.8. The van der Waals surface area contributed by atoms with Gasteiger partial charge in [-0.05, 0) is 42.7 Å². The number of nitrogens with one attached hydrogen (secondary N) is 2. The van der Waals surface area contributed by atoms with Gasteiger partial charge >= 0.3 is 0 Å². The van der Waals surface area contributed by atoms with Gasteiger partial charge in [0.2, 0.25) is 0 Å². The van der Waals surface area contributed by atoms with Gasteiger partial charge in [-0.3, -0.25) is 4.79 Å². The van der Waals surface area contributed by atoms with Gasteiger partial charge in [0.15, 0.2) is 0 Å². The molecule has 0 aliphatic heterocycles. The molecule has 0 radical (unpaired) electrons. The fourth-order valence-electron chi connectivity index (χ4n) is 3.01. The fourth-order valence-corrected chi connectivity index (χ4v) is 3.01. The lowest BCUT2D eigenvalue weighted by Crippen LogP contribution is -2.30. The number of hydrogen-bond acceptors (Lipinski definition) is 3. The van der Waals surface area contributed by atoms with Crippen molar-refractivity contribution in [2.24, 2.45) is 5.92 Å². The van der Waals surface area contributed by atoms with E-state index in [-0.39, 0.29) is 11.9 Å². The second-order valence-corrected chi connectivity index (χ2v) is 7.24. The molecular weight excluding hydrogens is 324 g/mol. The molecule has 0 fully saturated rings. The van der Waals surface area contributed by atoms with Crippen LogP contribution in [0.3, 0.4) is 0 Å². The zero-order chi connectivity index (χ0) is 18.7. The molecule has 0 saturated heterocycles. The van der Waals surface area contributed by atoms with Gasteiger partial charge in [-0.15, -0.1) is 0 Å². The van der Waals surface area contributed by atoms with Crippen LogP contribution in [-0.4, -0.2) is 30.0 Å². The smallest absolute Gasteiger partial charge is 0.251 e. The molecule has 1 heterocycles. The monoisotopic (exact) mass is 350 g/mol. The zero-order valence-electron chi connectivity index (χ0n) is 15.8. The molecule has 26 heavy (non-hydrogen) atoms. The van der Waals surface area contributed by atoms with Crippen molar-refractivity contribution in [2.75, 3.05) is 19.0 Å². The summed E-state index contributed by atoms with van der Waals surface area (Å²) >= 11 is 0. The number of rotatable bonds is 6. The lowest BCUT2D eigenvalue weighted by Gasteiger charge is -2.19. The highest BCUT2D eigenvalue weighted by molar-refractivity contribution is 5.95. The number of anilines is 1. The number of carbonyl (C=O) groups is 1. The Morgan fingerprint density at radius 1 is 1.15 bits per heavy atom. The number of amides is 1. The molecular formula is C21H26N4O. The molecule has 2 N–H and O–H groups in total. The molecule has 5 heteroatoms. The molecule has 136 valence electrons. The van der Waals surface area contributed by atoms with Crippen molar-refractivity contribution in [2.45, 2.75) is 26.3 Å². The Balaban J connectivity index is 1.86. The first kappa shape index (κ1) is 18.0. The number of nitrogens with zero attached hydrogens (tertiary/aromatic N) is 2. The summed E-state index contributed by atoms with van der Waals surface area (Å²) in [5.41, 5.74) is 3.56. The molecule has 3 rings (SSSR count). The van der Waals surface area contributed by atoms with Crippen molar-refractivity contribution >= 4 is 22.6 Å². The number of H-pyrrole nitrogens is 1. The Bertz CT molecular complexity index is 865. The number of para-hydroxylation sites is 2. The Kier molecular flexibility index (Phi) is 5.26. The third-order valence-electron chi connectivity index (χ3n) is 4.37. The fraction of sp³-hybridized carbons (Fsp3) is 0.333. The number of aromatic amines is 1. The quantitative estimate of drug-likeness (QED) is 0.702. The van der Waals surface area contributed by atoms with Crippen LogP contribution < -0.4 is 10.2 Å². The van der Waals surface area contributed by atoms with Crippen molar-refractivity contribution < 1.29 is 4.79 Å². The maximum Gasteiger partial charge on any atom is 0.251 e. The molecule has 1 atom stereocenters. The molecule has 1 amide bonds. The number of carbonyl (C=O) groups excluding carboxylic acids is 1. The van der Waals surface area contributed by atoms with Crippen LogP contribution >= 0.6 is 0 Å². The SMILES string of the molecule is CC(C)CC(NC(=O)c1cccc(N(C)C)c1)c1nc2ccccc2[nH]1. The summed E-state index contributed by atoms with van der Waals surface area (Å²) in [6, 6.07) is 15.4. The highest BCUT2D eigenvalue weighted by atomic mass is 16.1. The third-order valence-corrected chi connectivity index (χ3v) is 4.37. The van der Waals surface area contributed by atoms with Gasteiger partial charge < -0.3 is 15.2 Å². The number of aromatic nitrogens is 2. The molecule has 1 unspecified atom stereocenters. The van der Waals surface area contributed by atoms with Crippen LogP contribution in [0.2, 0.25) is 0 Å². The molecule has 5 nitrogen and oxygen atoms in total. The lowest BCUT2D eigenvalue weighted by atomic mass is 10.0. The molecule has 0 aliphatic carbocycles. The Hall–Kier alpha value is -2.82. The predicted molar refractivity (Wildman–Crippen MR) is 107 cm³/mol. The predicted octanol–water partition coefficient (Wildman–Crippen LogP) is 4.15. The number of benzene rings is 2. The normalized spacial score (nSPS) is 12.3. The average Bonchev–Trinajstić information content (AvgIpc) is 3.05. The second-order valence-electron chi connectivity index (χ2n) is 7.24. The van der Waals surface area contributed by atoms with E-state index in [1.54, 1.807) is 0 Å². The maximum atomic E-state index is 12.8. The summed E-state index contributed by atoms with van der Waals surface area (Å²) in [6.45, 7) is 4.29. The van der Waals surface area contributed by atoms with Gasteiger partial charge in [-0.2, -0.15) is 0 Å². The number of imidazole rings is 1. The molecule has 0 saturated carbocycles. The van der Waals surface area contributed by atoms with Gasteiger partial charge in [0.25, 0.3) is 5.91 Å². The van der Waals surface area contributed by atoms with Crippen molar-refractivity contribution in [3.05, 3.63) is 59.9 Å². The minimum Gasteiger partial charge on any atom is -0.378 e. The summed E-state index contributed by atoms with van der Waals surface area (Å²) in [6.07, 6.45) is 0.818. The number of fused-ring (bicyclic) bond motifs is 1. The van der Waals surface area contributed by atoms with Crippen LogP contribution in [0.25, 0.3) is 11.0 Å². The first-order valence-electron chi connectivity index (χ1n) is 8.97. The van der Waals surface area contributed by atoms with Crippen LogP contribution in [-0.2, 0) is 0 Å². The topological polar surface area (TPSA) is 61.0 Å². The summed E-state index contributed by atoms with van der Waals surface area (Å²) in [7, 11) is 3.93. The highest BCUT2D eigenvalue weighted by Crippen LogP contribution is 2.23. The van der Waals surface area contributed by atoms with E-state index in [2.05, 4.69) is 29.1 Å². The first-order chi connectivity index (χ1) is 12.4. The summed E-state index contributed by atoms with van der Waals surface area (Å²) in [5, 5.41) is 3.16. The largest absolute Gasteiger partial charge is 0.378 e. The van der Waals surface area contributed by atoms with Crippen LogP contribution in [0.4, 0.5) is 5.69 Å². The minimum atomic E-state index is -0.155. The number of hydrogen-bond donors (Lipinski definition) is 2. The Labute approximate surface area is 154 Å². The standard InChI is InChI=1S/C21H26N4O/c1-14(2)12-19(20-22-17-10-5-6-11-18(17)23-20)24-21(26)15-8-7-9-16(13-15)25(3)4/h5-11,13-14,19H,12H2,1-4H3,(H,22,23)(H,24,26). The van der Waals surface area contributed by atoms with E-state index in [4.69, 9.17) is 0 Å². The molecule has 2 aromatic carbocycles. The Morgan fingerprint density at radius 3 is 2.62 bits per heavy atom. The van der Waals surface area contributed by atoms with Crippen molar-refractivity contribution in [3.63, 3.8) is 0 Å². The summed E-state index contributed by atoms with van der Waals surface area (Å²) in [4.78, 5) is 22.8. The molecule has 0 bridgehead atoms. The van der Waals surface area contributed by atoms with Crippen molar-refractivity contribution in [1.29, 1.82) is 0 Å². The van der Waals surface area contributed by atoms with E-state index in [1.165, 1.54) is 0 Å². The van der Waals surface area contributed by atoms with Gasteiger partial charge in [-0.25, -0.2) is 4.98 Å². The van der Waals surface area contributed by atoms with Crippen LogP contribution in [0.1, 0.15) is 42.5 Å². The molecule has 0 spiro atoms. The van der Waals surface area contributed by atoms with Gasteiger partial charge in [-0.1, -0.05) is 32.0 Å². The van der Waals surface area contributed by atoms with E-state index in [9.17, 15) is 4.79 Å². The van der Waals surface area contributed by atoms with E-state index in [0.717, 1.165) is 29.0 Å². The van der Waals surface area contributed by atoms with Crippen LogP contribution in [0, 0.1) is 5.92 Å². The van der Waals surface area contributed by atoms with E-state index >= 15 is 0 Å². The zero-order valence-corrected chi connectivity index (χ0v) is 15.8. The van der Waals surface area contributed by atoms with Crippen LogP contribution in [0.15, 0.2) is 48.5 Å². The third kappa shape index (κ3) is 4.04. The average molecular weight is 350 g/mol.